The lowest BCUT2D eigenvalue weighted by molar-refractivity contribution is 0.0471. The number of hydrogen-bond acceptors (Lipinski definition) is 4. The first kappa shape index (κ1) is 19.1. The zero-order valence-corrected chi connectivity index (χ0v) is 15.5. The van der Waals surface area contributed by atoms with Crippen molar-refractivity contribution in [3.63, 3.8) is 0 Å². The van der Waals surface area contributed by atoms with E-state index in [1.54, 1.807) is 0 Å². The first-order chi connectivity index (χ1) is 13.1. The van der Waals surface area contributed by atoms with Crippen molar-refractivity contribution < 1.29 is 19.1 Å². The van der Waals surface area contributed by atoms with Crippen LogP contribution in [0.2, 0.25) is 0 Å². The summed E-state index contributed by atoms with van der Waals surface area (Å²) in [5, 5.41) is 2.88. The maximum atomic E-state index is 12.2. The smallest absolute Gasteiger partial charge is 0.407 e. The van der Waals surface area contributed by atoms with Crippen LogP contribution in [0.15, 0.2) is 54.6 Å². The Morgan fingerprint density at radius 2 is 1.78 bits per heavy atom. The number of benzene rings is 2. The quantitative estimate of drug-likeness (QED) is 0.750. The zero-order valence-electron chi connectivity index (χ0n) is 15.5. The fraction of sp³-hybridized carbons (Fsp3) is 0.364. The first-order valence-electron chi connectivity index (χ1n) is 9.29. The van der Waals surface area contributed by atoms with Crippen molar-refractivity contribution >= 4 is 11.9 Å². The van der Waals surface area contributed by atoms with Gasteiger partial charge in [0.25, 0.3) is 0 Å². The molecular formula is C22H25NO4. The van der Waals surface area contributed by atoms with Crippen LogP contribution in [-0.2, 0) is 16.1 Å². The van der Waals surface area contributed by atoms with E-state index in [-0.39, 0.29) is 31.1 Å². The number of nitrogens with one attached hydrogen (secondary N) is 1. The lowest BCUT2D eigenvalue weighted by Gasteiger charge is -2.14. The summed E-state index contributed by atoms with van der Waals surface area (Å²) in [5.41, 5.74) is 2.74. The summed E-state index contributed by atoms with van der Waals surface area (Å²) in [6.07, 6.45) is 1.91. The summed E-state index contributed by atoms with van der Waals surface area (Å²) in [6, 6.07) is 17.1. The van der Waals surface area contributed by atoms with Gasteiger partial charge in [-0.05, 0) is 31.7 Å². The molecule has 3 rings (SSSR count). The number of ketones is 1. The molecule has 0 aliphatic heterocycles. The number of carbonyl (C=O) groups excluding carboxylic acids is 2. The number of amides is 1. The molecule has 2 atom stereocenters. The van der Waals surface area contributed by atoms with Crippen LogP contribution >= 0.6 is 0 Å². The van der Waals surface area contributed by atoms with Crippen LogP contribution in [0.4, 0.5) is 4.79 Å². The summed E-state index contributed by atoms with van der Waals surface area (Å²) >= 11 is 0. The molecule has 1 amide bonds. The van der Waals surface area contributed by atoms with E-state index in [0.29, 0.717) is 12.0 Å². The van der Waals surface area contributed by atoms with Crippen molar-refractivity contribution in [2.24, 2.45) is 0 Å². The molecule has 0 radical (unpaired) electrons. The second-order valence-corrected chi connectivity index (χ2v) is 6.94. The molecule has 0 heterocycles. The number of hydrogen-bond donors (Lipinski definition) is 1. The summed E-state index contributed by atoms with van der Waals surface area (Å²) in [5.74, 6) is -0.0197. The molecule has 1 aliphatic carbocycles. The van der Waals surface area contributed by atoms with Crippen molar-refractivity contribution in [2.45, 2.75) is 44.9 Å². The van der Waals surface area contributed by atoms with Crippen LogP contribution in [0.5, 0.6) is 0 Å². The first-order valence-corrected chi connectivity index (χ1v) is 9.29. The normalized spacial score (nSPS) is 18.9. The van der Waals surface area contributed by atoms with Gasteiger partial charge in [-0.2, -0.15) is 0 Å². The second kappa shape index (κ2) is 9.33. The molecule has 1 aliphatic rings. The Kier molecular flexibility index (Phi) is 6.60. The predicted molar refractivity (Wildman–Crippen MR) is 103 cm³/mol. The highest BCUT2D eigenvalue weighted by Crippen LogP contribution is 2.22. The average molecular weight is 367 g/mol. The number of ether oxygens (including phenoxy) is 2. The maximum absolute atomic E-state index is 12.2. The molecule has 0 bridgehead atoms. The molecule has 1 fully saturated rings. The van der Waals surface area contributed by atoms with Gasteiger partial charge >= 0.3 is 6.09 Å². The number of carbonyl (C=O) groups is 2. The minimum atomic E-state index is -0.416. The predicted octanol–water partition coefficient (Wildman–Crippen LogP) is 4.04. The Morgan fingerprint density at radius 1 is 1.04 bits per heavy atom. The lowest BCUT2D eigenvalue weighted by atomic mass is 10.1. The largest absolute Gasteiger partial charge is 0.445 e. The highest BCUT2D eigenvalue weighted by molar-refractivity contribution is 5.97. The summed E-state index contributed by atoms with van der Waals surface area (Å²) in [6.45, 7) is 2.31. The molecule has 0 saturated heterocycles. The minimum absolute atomic E-state index is 0.0150. The fourth-order valence-corrected chi connectivity index (χ4v) is 3.17. The van der Waals surface area contributed by atoms with Gasteiger partial charge in [0, 0.05) is 11.6 Å². The van der Waals surface area contributed by atoms with Crippen molar-refractivity contribution in [1.82, 2.24) is 5.32 Å². The Morgan fingerprint density at radius 3 is 2.52 bits per heavy atom. The van der Waals surface area contributed by atoms with Gasteiger partial charge in [0.2, 0.25) is 0 Å². The van der Waals surface area contributed by atoms with Crippen LogP contribution in [0.1, 0.15) is 40.7 Å². The molecule has 27 heavy (non-hydrogen) atoms. The van der Waals surface area contributed by atoms with E-state index >= 15 is 0 Å². The van der Waals surface area contributed by atoms with Gasteiger partial charge < -0.3 is 14.8 Å². The van der Waals surface area contributed by atoms with Crippen LogP contribution in [0.25, 0.3) is 0 Å². The van der Waals surface area contributed by atoms with E-state index in [1.807, 2.05) is 61.5 Å². The molecule has 5 heteroatoms. The van der Waals surface area contributed by atoms with Crippen molar-refractivity contribution in [2.75, 3.05) is 6.61 Å². The number of rotatable bonds is 7. The van der Waals surface area contributed by atoms with Crippen LogP contribution in [-0.4, -0.2) is 30.6 Å². The summed E-state index contributed by atoms with van der Waals surface area (Å²) < 4.78 is 11.0. The highest BCUT2D eigenvalue weighted by atomic mass is 16.5. The van der Waals surface area contributed by atoms with E-state index in [4.69, 9.17) is 9.47 Å². The van der Waals surface area contributed by atoms with Gasteiger partial charge in [-0.15, -0.1) is 0 Å². The highest BCUT2D eigenvalue weighted by Gasteiger charge is 2.27. The molecule has 0 aromatic heterocycles. The Labute approximate surface area is 159 Å². The Hall–Kier alpha value is -2.66. The third-order valence-electron chi connectivity index (χ3n) is 4.74. The van der Waals surface area contributed by atoms with E-state index in [1.165, 1.54) is 0 Å². The Balaban J connectivity index is 1.36. The second-order valence-electron chi connectivity index (χ2n) is 6.94. The fourth-order valence-electron chi connectivity index (χ4n) is 3.17. The van der Waals surface area contributed by atoms with Crippen molar-refractivity contribution in [1.29, 1.82) is 0 Å². The number of aryl methyl sites for hydroxylation is 1. The molecular weight excluding hydrogens is 342 g/mol. The molecule has 0 spiro atoms. The third-order valence-corrected chi connectivity index (χ3v) is 4.74. The molecule has 1 unspecified atom stereocenters. The van der Waals surface area contributed by atoms with Crippen molar-refractivity contribution in [3.05, 3.63) is 71.3 Å². The van der Waals surface area contributed by atoms with Gasteiger partial charge in [-0.25, -0.2) is 4.79 Å². The lowest BCUT2D eigenvalue weighted by Crippen LogP contribution is -2.34. The van der Waals surface area contributed by atoms with Gasteiger partial charge in [0.15, 0.2) is 5.78 Å². The van der Waals surface area contributed by atoms with Crippen LogP contribution < -0.4 is 5.32 Å². The van der Waals surface area contributed by atoms with Gasteiger partial charge in [-0.3, -0.25) is 4.79 Å². The monoisotopic (exact) mass is 367 g/mol. The van der Waals surface area contributed by atoms with Crippen molar-refractivity contribution in [3.8, 4) is 0 Å². The minimum Gasteiger partial charge on any atom is -0.445 e. The number of alkyl carbamates (subject to hydrolysis) is 1. The zero-order chi connectivity index (χ0) is 19.1. The SMILES string of the molecule is Cc1ccc(C(=O)COC2CC[C@H](NC(=O)OCc3ccccc3)C2)cc1. The standard InChI is InChI=1S/C22H25NO4/c1-16-7-9-18(10-8-16)21(24)15-26-20-12-11-19(13-20)23-22(25)27-14-17-5-3-2-4-6-17/h2-10,19-20H,11-15H2,1H3,(H,23,25)/t19-,20?/m0/s1. The maximum Gasteiger partial charge on any atom is 0.407 e. The van der Waals surface area contributed by atoms with Gasteiger partial charge in [0.1, 0.15) is 13.2 Å². The molecule has 5 nitrogen and oxygen atoms in total. The topological polar surface area (TPSA) is 64.6 Å². The van der Waals surface area contributed by atoms with Crippen LogP contribution in [0, 0.1) is 6.92 Å². The molecule has 2 aromatic rings. The summed E-state index contributed by atoms with van der Waals surface area (Å²) in [4.78, 5) is 24.1. The van der Waals surface area contributed by atoms with E-state index < -0.39 is 6.09 Å². The van der Waals surface area contributed by atoms with Gasteiger partial charge in [0.05, 0.1) is 6.10 Å². The van der Waals surface area contributed by atoms with Crippen LogP contribution in [0.3, 0.4) is 0 Å². The Bertz CT molecular complexity index is 758. The number of Topliss-reactive ketones (excluding diaryl/α,β-unsaturated/α-hetero) is 1. The van der Waals surface area contributed by atoms with E-state index in [0.717, 1.165) is 24.0 Å². The third kappa shape index (κ3) is 5.93. The van der Waals surface area contributed by atoms with E-state index in [9.17, 15) is 9.59 Å². The van der Waals surface area contributed by atoms with E-state index in [2.05, 4.69) is 5.32 Å². The average Bonchev–Trinajstić information content (AvgIpc) is 3.13. The molecule has 2 aromatic carbocycles. The molecule has 142 valence electrons. The molecule has 1 N–H and O–H groups in total. The summed E-state index contributed by atoms with van der Waals surface area (Å²) in [7, 11) is 0. The van der Waals surface area contributed by atoms with Gasteiger partial charge in [-0.1, -0.05) is 60.2 Å². The molecule has 1 saturated carbocycles.